The molecule has 0 aliphatic heterocycles. The van der Waals surface area contributed by atoms with Crippen LogP contribution in [-0.4, -0.2) is 5.16 Å². The number of benzene rings is 1. The van der Waals surface area contributed by atoms with Gasteiger partial charge in [-0.15, -0.1) is 0 Å². The number of hydrogen-bond donors (Lipinski definition) is 1. The van der Waals surface area contributed by atoms with Gasteiger partial charge >= 0.3 is 0 Å². The number of hydrogen-bond acceptors (Lipinski definition) is 3. The normalized spacial score (nSPS) is 10.6. The molecule has 3 heteroatoms. The lowest BCUT2D eigenvalue weighted by Gasteiger charge is -1.88. The fourth-order valence-corrected chi connectivity index (χ4v) is 1.07. The van der Waals surface area contributed by atoms with Crippen molar-refractivity contribution in [3.8, 4) is 0 Å². The standard InChI is InChI=1S/C8H8N2O/c1-5-2-3-6-7(4-5)10-11-8(6)9/h2-4H,9H2,1H3. The topological polar surface area (TPSA) is 52.0 Å². The molecule has 1 heterocycles. The molecule has 1 aromatic heterocycles. The summed E-state index contributed by atoms with van der Waals surface area (Å²) in [6.07, 6.45) is 0. The van der Waals surface area contributed by atoms with E-state index in [4.69, 9.17) is 10.3 Å². The van der Waals surface area contributed by atoms with Crippen LogP contribution in [0.4, 0.5) is 5.88 Å². The fourth-order valence-electron chi connectivity index (χ4n) is 1.07. The van der Waals surface area contributed by atoms with Crippen LogP contribution in [0.15, 0.2) is 22.7 Å². The third kappa shape index (κ3) is 0.852. The molecule has 0 aliphatic carbocycles. The summed E-state index contributed by atoms with van der Waals surface area (Å²) in [4.78, 5) is 0. The number of fused-ring (bicyclic) bond motifs is 1. The van der Waals surface area contributed by atoms with Gasteiger partial charge in [-0.25, -0.2) is 0 Å². The number of nitrogens with two attached hydrogens (primary N) is 1. The molecule has 0 unspecified atom stereocenters. The van der Waals surface area contributed by atoms with Crippen molar-refractivity contribution in [1.82, 2.24) is 5.16 Å². The van der Waals surface area contributed by atoms with E-state index in [0.29, 0.717) is 5.88 Å². The molecule has 2 rings (SSSR count). The van der Waals surface area contributed by atoms with E-state index in [-0.39, 0.29) is 0 Å². The number of aryl methyl sites for hydroxylation is 1. The third-order valence-electron chi connectivity index (χ3n) is 1.66. The molecular weight excluding hydrogens is 140 g/mol. The highest BCUT2D eigenvalue weighted by Gasteiger charge is 2.02. The van der Waals surface area contributed by atoms with Crippen molar-refractivity contribution >= 4 is 16.8 Å². The number of anilines is 1. The van der Waals surface area contributed by atoms with Crippen LogP contribution in [0.2, 0.25) is 0 Å². The molecule has 11 heavy (non-hydrogen) atoms. The van der Waals surface area contributed by atoms with Gasteiger partial charge in [0.2, 0.25) is 5.88 Å². The maximum absolute atomic E-state index is 5.50. The second-order valence-corrected chi connectivity index (χ2v) is 2.57. The summed E-state index contributed by atoms with van der Waals surface area (Å²) in [7, 11) is 0. The highest BCUT2D eigenvalue weighted by molar-refractivity contribution is 5.87. The minimum atomic E-state index is 0.389. The fraction of sp³-hybridized carbons (Fsp3) is 0.125. The first-order valence-corrected chi connectivity index (χ1v) is 3.39. The van der Waals surface area contributed by atoms with Crippen LogP contribution < -0.4 is 5.73 Å². The number of rotatable bonds is 0. The molecule has 0 spiro atoms. The van der Waals surface area contributed by atoms with Crippen LogP contribution >= 0.6 is 0 Å². The van der Waals surface area contributed by atoms with Crippen LogP contribution in [0.25, 0.3) is 10.9 Å². The largest absolute Gasteiger partial charge is 0.367 e. The van der Waals surface area contributed by atoms with Crippen LogP contribution in [-0.2, 0) is 0 Å². The van der Waals surface area contributed by atoms with Gasteiger partial charge in [-0.2, -0.15) is 0 Å². The Balaban J connectivity index is 2.86. The van der Waals surface area contributed by atoms with E-state index < -0.39 is 0 Å². The Hall–Kier alpha value is -1.51. The van der Waals surface area contributed by atoms with E-state index in [1.54, 1.807) is 0 Å². The van der Waals surface area contributed by atoms with Gasteiger partial charge < -0.3 is 10.3 Å². The molecule has 56 valence electrons. The molecule has 0 radical (unpaired) electrons. The first-order chi connectivity index (χ1) is 5.27. The summed E-state index contributed by atoms with van der Waals surface area (Å²) in [5.74, 6) is 0.389. The Morgan fingerprint density at radius 2 is 2.27 bits per heavy atom. The lowest BCUT2D eigenvalue weighted by Crippen LogP contribution is -1.79. The van der Waals surface area contributed by atoms with Gasteiger partial charge in [0.25, 0.3) is 0 Å². The molecule has 0 saturated heterocycles. The Kier molecular flexibility index (Phi) is 1.12. The first kappa shape index (κ1) is 6.22. The molecule has 0 saturated carbocycles. The Labute approximate surface area is 63.8 Å². The molecule has 2 aromatic rings. The lowest BCUT2D eigenvalue weighted by molar-refractivity contribution is 0.445. The molecule has 0 bridgehead atoms. The van der Waals surface area contributed by atoms with Crippen molar-refractivity contribution in [1.29, 1.82) is 0 Å². The van der Waals surface area contributed by atoms with Crippen molar-refractivity contribution in [2.24, 2.45) is 0 Å². The monoisotopic (exact) mass is 148 g/mol. The van der Waals surface area contributed by atoms with Crippen LogP contribution in [0.3, 0.4) is 0 Å². The summed E-state index contributed by atoms with van der Waals surface area (Å²) in [6, 6.07) is 5.83. The van der Waals surface area contributed by atoms with E-state index >= 15 is 0 Å². The zero-order chi connectivity index (χ0) is 7.84. The molecule has 0 atom stereocenters. The predicted molar refractivity (Wildman–Crippen MR) is 43.2 cm³/mol. The molecular formula is C8H8N2O. The summed E-state index contributed by atoms with van der Waals surface area (Å²) in [5.41, 5.74) is 7.48. The van der Waals surface area contributed by atoms with Crippen molar-refractivity contribution in [3.63, 3.8) is 0 Å². The average molecular weight is 148 g/mol. The van der Waals surface area contributed by atoms with Gasteiger partial charge in [0.15, 0.2) is 0 Å². The van der Waals surface area contributed by atoms with E-state index in [9.17, 15) is 0 Å². The Bertz CT molecular complexity index is 392. The van der Waals surface area contributed by atoms with E-state index in [1.807, 2.05) is 25.1 Å². The molecule has 2 N–H and O–H groups in total. The Morgan fingerprint density at radius 3 is 3.09 bits per heavy atom. The van der Waals surface area contributed by atoms with E-state index in [0.717, 1.165) is 16.5 Å². The zero-order valence-corrected chi connectivity index (χ0v) is 6.16. The van der Waals surface area contributed by atoms with Gasteiger partial charge in [0.05, 0.1) is 5.39 Å². The summed E-state index contributed by atoms with van der Waals surface area (Å²) in [5, 5.41) is 4.66. The predicted octanol–water partition coefficient (Wildman–Crippen LogP) is 1.72. The van der Waals surface area contributed by atoms with Gasteiger partial charge in [0.1, 0.15) is 5.52 Å². The highest BCUT2D eigenvalue weighted by Crippen LogP contribution is 2.20. The number of aromatic nitrogens is 1. The van der Waals surface area contributed by atoms with Crippen molar-refractivity contribution < 1.29 is 4.52 Å². The summed E-state index contributed by atoms with van der Waals surface area (Å²) >= 11 is 0. The maximum Gasteiger partial charge on any atom is 0.229 e. The second-order valence-electron chi connectivity index (χ2n) is 2.57. The average Bonchev–Trinajstić information content (AvgIpc) is 2.32. The molecule has 0 fully saturated rings. The quantitative estimate of drug-likeness (QED) is 0.618. The van der Waals surface area contributed by atoms with Crippen molar-refractivity contribution in [3.05, 3.63) is 23.8 Å². The van der Waals surface area contributed by atoms with Gasteiger partial charge in [-0.3, -0.25) is 0 Å². The maximum atomic E-state index is 5.50. The molecule has 0 amide bonds. The molecule has 3 nitrogen and oxygen atoms in total. The number of nitrogens with zero attached hydrogens (tertiary/aromatic N) is 1. The van der Waals surface area contributed by atoms with Crippen molar-refractivity contribution in [2.75, 3.05) is 5.73 Å². The summed E-state index contributed by atoms with van der Waals surface area (Å²) < 4.78 is 4.80. The minimum Gasteiger partial charge on any atom is -0.367 e. The SMILES string of the molecule is Cc1ccc2c(N)onc2c1. The third-order valence-corrected chi connectivity index (χ3v) is 1.66. The van der Waals surface area contributed by atoms with Crippen LogP contribution in [0, 0.1) is 6.92 Å². The summed E-state index contributed by atoms with van der Waals surface area (Å²) in [6.45, 7) is 2.00. The smallest absolute Gasteiger partial charge is 0.229 e. The van der Waals surface area contributed by atoms with E-state index in [1.165, 1.54) is 0 Å². The zero-order valence-electron chi connectivity index (χ0n) is 6.16. The van der Waals surface area contributed by atoms with Crippen LogP contribution in [0.1, 0.15) is 5.56 Å². The van der Waals surface area contributed by atoms with Gasteiger partial charge in [0, 0.05) is 0 Å². The molecule has 0 aliphatic rings. The minimum absolute atomic E-state index is 0.389. The van der Waals surface area contributed by atoms with Gasteiger partial charge in [-0.05, 0) is 24.6 Å². The van der Waals surface area contributed by atoms with E-state index in [2.05, 4.69) is 5.16 Å². The van der Waals surface area contributed by atoms with Crippen LogP contribution in [0.5, 0.6) is 0 Å². The Morgan fingerprint density at radius 1 is 1.45 bits per heavy atom. The number of nitrogen functional groups attached to an aromatic ring is 1. The van der Waals surface area contributed by atoms with Gasteiger partial charge in [-0.1, -0.05) is 11.2 Å². The molecule has 1 aromatic carbocycles. The second kappa shape index (κ2) is 1.99. The lowest BCUT2D eigenvalue weighted by atomic mass is 10.2. The highest BCUT2D eigenvalue weighted by atomic mass is 16.5. The first-order valence-electron chi connectivity index (χ1n) is 3.39. The van der Waals surface area contributed by atoms with Crippen molar-refractivity contribution in [2.45, 2.75) is 6.92 Å².